The summed E-state index contributed by atoms with van der Waals surface area (Å²) in [7, 11) is 1.57. The molecule has 0 saturated carbocycles. The molecule has 154 valence electrons. The van der Waals surface area contributed by atoms with Crippen LogP contribution in [0.25, 0.3) is 0 Å². The number of ether oxygens (including phenoxy) is 2. The van der Waals surface area contributed by atoms with E-state index in [0.29, 0.717) is 23.6 Å². The van der Waals surface area contributed by atoms with Crippen molar-refractivity contribution in [1.82, 2.24) is 0 Å². The number of benzene rings is 2. The topological polar surface area (TPSA) is 72.9 Å². The maximum atomic E-state index is 12.9. The molecule has 6 nitrogen and oxygen atoms in total. The van der Waals surface area contributed by atoms with Crippen LogP contribution in [0.3, 0.4) is 0 Å². The van der Waals surface area contributed by atoms with Crippen molar-refractivity contribution in [3.8, 4) is 11.5 Å². The molecule has 1 aliphatic carbocycles. The lowest BCUT2D eigenvalue weighted by Crippen LogP contribution is -2.31. The van der Waals surface area contributed by atoms with Crippen molar-refractivity contribution in [3.05, 3.63) is 65.2 Å². The molecule has 0 aromatic heterocycles. The van der Waals surface area contributed by atoms with E-state index in [2.05, 4.69) is 0 Å². The zero-order valence-corrected chi connectivity index (χ0v) is 17.1. The average molecular weight is 426 g/mol. The smallest absolute Gasteiger partial charge is 0.315 e. The third-order valence-electron chi connectivity index (χ3n) is 5.40. The molecule has 2 aromatic carbocycles. The number of esters is 1. The fourth-order valence-electron chi connectivity index (χ4n) is 3.86. The number of halogens is 1. The Labute approximate surface area is 179 Å². The molecular formula is C23H20ClNO5. The first-order chi connectivity index (χ1) is 14.5. The van der Waals surface area contributed by atoms with E-state index in [1.807, 2.05) is 12.2 Å². The van der Waals surface area contributed by atoms with E-state index < -0.39 is 5.97 Å². The van der Waals surface area contributed by atoms with Gasteiger partial charge in [0, 0.05) is 5.02 Å². The Morgan fingerprint density at radius 1 is 1.03 bits per heavy atom. The number of hydrogen-bond acceptors (Lipinski definition) is 5. The molecule has 0 radical (unpaired) electrons. The van der Waals surface area contributed by atoms with Crippen LogP contribution in [0.1, 0.15) is 18.4 Å². The number of imide groups is 1. The number of rotatable bonds is 5. The molecule has 2 amide bonds. The molecule has 7 heteroatoms. The molecule has 0 spiro atoms. The predicted molar refractivity (Wildman–Crippen MR) is 112 cm³/mol. The molecule has 1 fully saturated rings. The summed E-state index contributed by atoms with van der Waals surface area (Å²) in [5, 5.41) is 0.341. The number of carbonyl (C=O) groups is 3. The summed E-state index contributed by atoms with van der Waals surface area (Å²) in [5.74, 6) is -1.04. The van der Waals surface area contributed by atoms with E-state index in [4.69, 9.17) is 21.1 Å². The van der Waals surface area contributed by atoms with Gasteiger partial charge in [-0.1, -0.05) is 35.9 Å². The normalized spacial score (nSPS) is 20.3. The largest absolute Gasteiger partial charge is 0.497 e. The van der Waals surface area contributed by atoms with E-state index in [-0.39, 0.29) is 41.5 Å². The first-order valence-electron chi connectivity index (χ1n) is 9.64. The minimum Gasteiger partial charge on any atom is -0.497 e. The molecule has 30 heavy (non-hydrogen) atoms. The maximum absolute atomic E-state index is 12.9. The van der Waals surface area contributed by atoms with Gasteiger partial charge in [0.1, 0.15) is 5.75 Å². The van der Waals surface area contributed by atoms with Gasteiger partial charge >= 0.3 is 5.97 Å². The quantitative estimate of drug-likeness (QED) is 0.314. The maximum Gasteiger partial charge on any atom is 0.315 e. The van der Waals surface area contributed by atoms with Crippen LogP contribution in [-0.4, -0.2) is 24.9 Å². The molecule has 2 atom stereocenters. The molecule has 2 aliphatic rings. The summed E-state index contributed by atoms with van der Waals surface area (Å²) >= 11 is 6.12. The van der Waals surface area contributed by atoms with Crippen molar-refractivity contribution in [3.63, 3.8) is 0 Å². The second-order valence-corrected chi connectivity index (χ2v) is 7.72. The fraction of sp³-hybridized carbons (Fsp3) is 0.261. The Morgan fingerprint density at radius 2 is 1.67 bits per heavy atom. The second kappa shape index (κ2) is 8.32. The highest BCUT2D eigenvalue weighted by Crippen LogP contribution is 2.41. The standard InChI is InChI=1S/C23H20ClNO5/c1-29-16-9-6-14(7-10-16)12-21(26)30-20-11-8-15(24)13-19(20)25-22(27)17-4-2-3-5-18(17)23(25)28/h2-3,6-11,13,17-18H,4-5,12H2,1H3. The summed E-state index contributed by atoms with van der Waals surface area (Å²) in [6, 6.07) is 11.6. The zero-order valence-electron chi connectivity index (χ0n) is 16.3. The predicted octanol–water partition coefficient (Wildman–Crippen LogP) is 3.95. The zero-order chi connectivity index (χ0) is 21.3. The van der Waals surface area contributed by atoms with Crippen LogP contribution in [0.15, 0.2) is 54.6 Å². The second-order valence-electron chi connectivity index (χ2n) is 7.28. The minimum atomic E-state index is -0.512. The summed E-state index contributed by atoms with van der Waals surface area (Å²) in [6.07, 6.45) is 4.92. The van der Waals surface area contributed by atoms with Crippen molar-refractivity contribution >= 4 is 35.1 Å². The highest BCUT2D eigenvalue weighted by molar-refractivity contribution is 6.31. The van der Waals surface area contributed by atoms with Crippen molar-refractivity contribution in [2.45, 2.75) is 19.3 Å². The Kier molecular flexibility index (Phi) is 5.59. The number of hydrogen-bond donors (Lipinski definition) is 0. The third-order valence-corrected chi connectivity index (χ3v) is 5.64. The molecule has 0 N–H and O–H groups in total. The van der Waals surface area contributed by atoms with Gasteiger partial charge in [0.25, 0.3) is 0 Å². The van der Waals surface area contributed by atoms with Crippen LogP contribution in [0.5, 0.6) is 11.5 Å². The number of methoxy groups -OCH3 is 1. The number of fused-ring (bicyclic) bond motifs is 1. The molecular weight excluding hydrogens is 406 g/mol. The van der Waals surface area contributed by atoms with Gasteiger partial charge in [-0.3, -0.25) is 14.4 Å². The highest BCUT2D eigenvalue weighted by Gasteiger charge is 2.48. The molecule has 2 unspecified atom stereocenters. The van der Waals surface area contributed by atoms with Crippen molar-refractivity contribution in [2.24, 2.45) is 11.8 Å². The Balaban J connectivity index is 1.57. The number of nitrogens with zero attached hydrogens (tertiary/aromatic N) is 1. The molecule has 2 aromatic rings. The van der Waals surface area contributed by atoms with Gasteiger partial charge < -0.3 is 9.47 Å². The Morgan fingerprint density at radius 3 is 2.27 bits per heavy atom. The number of carbonyl (C=O) groups excluding carboxylic acids is 3. The van der Waals surface area contributed by atoms with Gasteiger partial charge in [-0.15, -0.1) is 0 Å². The fourth-order valence-corrected chi connectivity index (χ4v) is 4.02. The number of anilines is 1. The van der Waals surface area contributed by atoms with Gasteiger partial charge in [-0.05, 0) is 48.7 Å². The third kappa shape index (κ3) is 3.83. The highest BCUT2D eigenvalue weighted by atomic mass is 35.5. The SMILES string of the molecule is COc1ccc(CC(=O)Oc2ccc(Cl)cc2N2C(=O)C3CC=CCC3C2=O)cc1. The van der Waals surface area contributed by atoms with Gasteiger partial charge in [-0.25, -0.2) is 4.90 Å². The van der Waals surface area contributed by atoms with Gasteiger partial charge in [0.2, 0.25) is 11.8 Å². The summed E-state index contributed by atoms with van der Waals surface area (Å²) in [5.41, 5.74) is 0.955. The monoisotopic (exact) mass is 425 g/mol. The van der Waals surface area contributed by atoms with Crippen LogP contribution in [-0.2, 0) is 20.8 Å². The molecule has 1 saturated heterocycles. The summed E-state index contributed by atoms with van der Waals surface area (Å²) in [4.78, 5) is 39.5. The van der Waals surface area contributed by atoms with Gasteiger partial charge in [0.05, 0.1) is 31.1 Å². The Bertz CT molecular complexity index is 1000. The van der Waals surface area contributed by atoms with Crippen LogP contribution >= 0.6 is 11.6 Å². The van der Waals surface area contributed by atoms with E-state index in [0.717, 1.165) is 10.5 Å². The van der Waals surface area contributed by atoms with Crippen LogP contribution in [0, 0.1) is 11.8 Å². The van der Waals surface area contributed by atoms with E-state index in [9.17, 15) is 14.4 Å². The molecule has 4 rings (SSSR count). The van der Waals surface area contributed by atoms with Gasteiger partial charge in [-0.2, -0.15) is 0 Å². The average Bonchev–Trinajstić information content (AvgIpc) is 3.00. The van der Waals surface area contributed by atoms with E-state index in [1.165, 1.54) is 12.1 Å². The number of amides is 2. The molecule has 0 bridgehead atoms. The lowest BCUT2D eigenvalue weighted by Gasteiger charge is -2.19. The minimum absolute atomic E-state index is 0.0309. The van der Waals surface area contributed by atoms with E-state index in [1.54, 1.807) is 37.4 Å². The Hall–Kier alpha value is -3.12. The van der Waals surface area contributed by atoms with Gasteiger partial charge in [0.15, 0.2) is 5.75 Å². The first kappa shape index (κ1) is 20.2. The lowest BCUT2D eigenvalue weighted by atomic mass is 9.85. The van der Waals surface area contributed by atoms with Crippen LogP contribution < -0.4 is 14.4 Å². The lowest BCUT2D eigenvalue weighted by molar-refractivity contribution is -0.133. The first-order valence-corrected chi connectivity index (χ1v) is 10.0. The molecule has 1 heterocycles. The summed E-state index contributed by atoms with van der Waals surface area (Å²) in [6.45, 7) is 0. The summed E-state index contributed by atoms with van der Waals surface area (Å²) < 4.78 is 10.6. The van der Waals surface area contributed by atoms with Crippen molar-refractivity contribution in [1.29, 1.82) is 0 Å². The van der Waals surface area contributed by atoms with Crippen LogP contribution in [0.4, 0.5) is 5.69 Å². The number of allylic oxidation sites excluding steroid dienone is 2. The van der Waals surface area contributed by atoms with E-state index >= 15 is 0 Å². The van der Waals surface area contributed by atoms with Crippen molar-refractivity contribution < 1.29 is 23.9 Å². The molecule has 1 aliphatic heterocycles. The van der Waals surface area contributed by atoms with Crippen molar-refractivity contribution in [2.75, 3.05) is 12.0 Å². The van der Waals surface area contributed by atoms with Crippen LogP contribution in [0.2, 0.25) is 5.02 Å².